The number of fused-ring (bicyclic) bond motifs is 1. The normalized spacial score (nSPS) is 11.1. The number of rotatable bonds is 1. The fraction of sp³-hybridized carbons (Fsp3) is 0.222. The van der Waals surface area contributed by atoms with E-state index < -0.39 is 0 Å². The third kappa shape index (κ3) is 1.53. The summed E-state index contributed by atoms with van der Waals surface area (Å²) in [6.45, 7) is 3.99. The number of benzene rings is 1. The van der Waals surface area contributed by atoms with Crippen molar-refractivity contribution in [3.8, 4) is 0 Å². The lowest BCUT2D eigenvalue weighted by Crippen LogP contribution is -1.84. The minimum atomic E-state index is 0.816. The highest BCUT2D eigenvalue weighted by Crippen LogP contribution is 2.32. The van der Waals surface area contributed by atoms with Crippen molar-refractivity contribution in [3.05, 3.63) is 28.4 Å². The summed E-state index contributed by atoms with van der Waals surface area (Å²) in [4.78, 5) is 0. The Kier molecular flexibility index (Phi) is 2.95. The summed E-state index contributed by atoms with van der Waals surface area (Å²) in [5.74, 6) is 0. The summed E-state index contributed by atoms with van der Waals surface area (Å²) in [5.41, 5.74) is 3.16. The maximum atomic E-state index is 6.24. The highest BCUT2D eigenvalue weighted by Gasteiger charge is 2.11. The molecule has 14 heavy (non-hydrogen) atoms. The topological polar surface area (TPSA) is 17.8 Å². The summed E-state index contributed by atoms with van der Waals surface area (Å²) in [7, 11) is 1.55. The van der Waals surface area contributed by atoms with Crippen molar-refractivity contribution in [2.24, 2.45) is 0 Å². The van der Waals surface area contributed by atoms with Crippen LogP contribution >= 0.6 is 41.9 Å². The first kappa shape index (κ1) is 10.6. The summed E-state index contributed by atoms with van der Waals surface area (Å²) in [5, 5.41) is 6.28. The highest BCUT2D eigenvalue weighted by molar-refractivity contribution is 14.2. The first-order valence-electron chi connectivity index (χ1n) is 4.08. The maximum absolute atomic E-state index is 6.24. The molecule has 0 spiro atoms. The molecule has 2 nitrogen and oxygen atoms in total. The van der Waals surface area contributed by atoms with Gasteiger partial charge >= 0.3 is 0 Å². The Hall–Kier alpha value is 0.0600. The summed E-state index contributed by atoms with van der Waals surface area (Å²) in [6.07, 6.45) is 0. The van der Waals surface area contributed by atoms with E-state index >= 15 is 0 Å². The minimum absolute atomic E-state index is 0.816. The van der Waals surface area contributed by atoms with E-state index in [9.17, 15) is 0 Å². The van der Waals surface area contributed by atoms with E-state index in [1.165, 1.54) is 0 Å². The molecule has 1 aromatic carbocycles. The van der Waals surface area contributed by atoms with Crippen molar-refractivity contribution >= 4 is 52.8 Å². The van der Waals surface area contributed by atoms with Gasteiger partial charge in [0.2, 0.25) is 0 Å². The van der Waals surface area contributed by atoms with Gasteiger partial charge in [-0.25, -0.2) is 0 Å². The van der Waals surface area contributed by atoms with E-state index in [1.807, 2.05) is 24.0 Å². The number of nitrogens with zero attached hydrogens (tertiary/aromatic N) is 2. The first-order valence-corrected chi connectivity index (χ1v) is 7.78. The molecule has 0 aliphatic carbocycles. The Morgan fingerprint density at radius 2 is 2.14 bits per heavy atom. The third-order valence-corrected chi connectivity index (χ3v) is 4.20. The number of hydrogen-bond donors (Lipinski definition) is 0. The predicted molar refractivity (Wildman–Crippen MR) is 71.2 cm³/mol. The average molecular weight is 339 g/mol. The van der Waals surface area contributed by atoms with Gasteiger partial charge in [0.1, 0.15) is 0 Å². The van der Waals surface area contributed by atoms with Crippen LogP contribution in [0.3, 0.4) is 0 Å². The zero-order valence-corrected chi connectivity index (χ0v) is 11.4. The Morgan fingerprint density at radius 3 is 2.79 bits per heavy atom. The van der Waals surface area contributed by atoms with Gasteiger partial charge in [-0.15, -0.1) is 0 Å². The van der Waals surface area contributed by atoms with Crippen molar-refractivity contribution in [3.63, 3.8) is 0 Å². The molecule has 0 aliphatic heterocycles. The van der Waals surface area contributed by atoms with Crippen molar-refractivity contribution in [1.82, 2.24) is 9.19 Å². The highest BCUT2D eigenvalue weighted by atomic mass is 127. The van der Waals surface area contributed by atoms with Crippen molar-refractivity contribution in [2.75, 3.05) is 0 Å². The third-order valence-electron chi connectivity index (χ3n) is 2.19. The van der Waals surface area contributed by atoms with E-state index in [0.29, 0.717) is 0 Å². The quantitative estimate of drug-likeness (QED) is 0.727. The second-order valence-corrected chi connectivity index (χ2v) is 5.16. The molecule has 0 saturated heterocycles. The van der Waals surface area contributed by atoms with Gasteiger partial charge in [-0.1, -0.05) is 17.7 Å². The lowest BCUT2D eigenvalue weighted by Gasteiger charge is -2.00. The molecule has 0 atom stereocenters. The second kappa shape index (κ2) is 3.90. The Morgan fingerprint density at radius 1 is 1.43 bits per heavy atom. The summed E-state index contributed by atoms with van der Waals surface area (Å²) < 4.78 is 1.89. The van der Waals surface area contributed by atoms with Crippen LogP contribution in [-0.4, -0.2) is 9.19 Å². The molecule has 2 aromatic rings. The number of halogens is 2. The molecule has 0 aliphatic rings. The molecule has 0 bridgehead atoms. The van der Waals surface area contributed by atoms with E-state index in [2.05, 4.69) is 32.4 Å². The molecule has 0 unspecified atom stereocenters. The summed E-state index contributed by atoms with van der Waals surface area (Å²) in [6, 6.07) is 4.08. The van der Waals surface area contributed by atoms with Crippen LogP contribution in [0.25, 0.3) is 10.9 Å². The van der Waals surface area contributed by atoms with Gasteiger partial charge in [0.15, 0.2) is 0 Å². The Balaban J connectivity index is 2.89. The molecular formula is C9H8ClIN2S. The minimum Gasteiger partial charge on any atom is -0.196 e. The van der Waals surface area contributed by atoms with Crippen LogP contribution in [-0.2, 0) is 0 Å². The zero-order valence-electron chi connectivity index (χ0n) is 7.71. The fourth-order valence-electron chi connectivity index (χ4n) is 1.47. The molecule has 0 amide bonds. The molecule has 0 fully saturated rings. The standard InChI is InChI=1S/C9H8ClIN2S/c1-5-3-4-7-8(9(5)10)6(2)12-13(7)14-11/h3-4H,1-2H3. The number of aryl methyl sites for hydroxylation is 2. The molecule has 0 radical (unpaired) electrons. The smallest absolute Gasteiger partial charge is 0.0838 e. The molecule has 2 rings (SSSR count). The number of aromatic nitrogens is 2. The molecule has 0 saturated carbocycles. The van der Waals surface area contributed by atoms with Gasteiger partial charge in [0.05, 0.1) is 16.2 Å². The van der Waals surface area contributed by atoms with Crippen LogP contribution in [0.15, 0.2) is 12.1 Å². The van der Waals surface area contributed by atoms with Gasteiger partial charge in [-0.05, 0) is 25.5 Å². The van der Waals surface area contributed by atoms with E-state index in [1.54, 1.807) is 9.12 Å². The Labute approximate surface area is 104 Å². The van der Waals surface area contributed by atoms with E-state index in [-0.39, 0.29) is 0 Å². The van der Waals surface area contributed by atoms with Crippen molar-refractivity contribution in [1.29, 1.82) is 0 Å². The fourth-order valence-corrected chi connectivity index (χ4v) is 3.04. The molecule has 74 valence electrons. The van der Waals surface area contributed by atoms with E-state index in [0.717, 1.165) is 27.2 Å². The monoisotopic (exact) mass is 338 g/mol. The summed E-state index contributed by atoms with van der Waals surface area (Å²) >= 11 is 8.45. The van der Waals surface area contributed by atoms with Crippen LogP contribution in [0.5, 0.6) is 0 Å². The van der Waals surface area contributed by atoms with Crippen LogP contribution in [0.1, 0.15) is 11.3 Å². The molecule has 0 N–H and O–H groups in total. The molecule has 5 heteroatoms. The molecule has 1 heterocycles. The van der Waals surface area contributed by atoms with Gasteiger partial charge in [-0.2, -0.15) is 9.19 Å². The van der Waals surface area contributed by atoms with Crippen LogP contribution in [0, 0.1) is 13.8 Å². The van der Waals surface area contributed by atoms with Gasteiger partial charge in [0.25, 0.3) is 0 Å². The largest absolute Gasteiger partial charge is 0.196 e. The van der Waals surface area contributed by atoms with Gasteiger partial charge in [0, 0.05) is 35.7 Å². The molecule has 1 aromatic heterocycles. The molecular weight excluding hydrogens is 331 g/mol. The van der Waals surface area contributed by atoms with Crippen LogP contribution in [0.4, 0.5) is 0 Å². The maximum Gasteiger partial charge on any atom is 0.0838 e. The SMILES string of the molecule is Cc1ccc2c(c(C)nn2SI)c1Cl. The van der Waals surface area contributed by atoms with Gasteiger partial charge in [-0.3, -0.25) is 0 Å². The lowest BCUT2D eigenvalue weighted by molar-refractivity contribution is 1.01. The second-order valence-electron chi connectivity index (χ2n) is 3.12. The predicted octanol–water partition coefficient (Wildman–Crippen LogP) is 4.15. The first-order chi connectivity index (χ1) is 6.65. The van der Waals surface area contributed by atoms with Gasteiger partial charge < -0.3 is 0 Å². The van der Waals surface area contributed by atoms with E-state index in [4.69, 9.17) is 11.6 Å². The average Bonchev–Trinajstić information content (AvgIpc) is 2.49. The Bertz CT molecular complexity index is 495. The lowest BCUT2D eigenvalue weighted by atomic mass is 10.1. The number of hydrogen-bond acceptors (Lipinski definition) is 2. The van der Waals surface area contributed by atoms with Crippen molar-refractivity contribution in [2.45, 2.75) is 13.8 Å². The van der Waals surface area contributed by atoms with Crippen LogP contribution in [0.2, 0.25) is 5.02 Å². The van der Waals surface area contributed by atoms with Crippen molar-refractivity contribution < 1.29 is 0 Å². The van der Waals surface area contributed by atoms with Crippen LogP contribution < -0.4 is 0 Å². The zero-order chi connectivity index (χ0) is 10.3.